The van der Waals surface area contributed by atoms with Crippen LogP contribution in [0.25, 0.3) is 64.3 Å². The molecule has 2 aliphatic rings. The maximum absolute atomic E-state index is 2.54. The molecule has 0 fully saturated rings. The average Bonchev–Trinajstić information content (AvgIpc) is 3.79. The number of nitrogens with zero attached hydrogens (tertiary/aromatic N) is 1. The maximum Gasteiger partial charge on any atom is 0.0729 e. The van der Waals surface area contributed by atoms with Crippen molar-refractivity contribution in [2.45, 2.75) is 18.8 Å². The summed E-state index contributed by atoms with van der Waals surface area (Å²) in [4.78, 5) is 2.51. The van der Waals surface area contributed by atoms with Crippen LogP contribution < -0.4 is 4.90 Å². The molecule has 1 unspecified atom stereocenters. The summed E-state index contributed by atoms with van der Waals surface area (Å²) in [6, 6.07) is 72.9. The number of thiophene rings is 1. The highest BCUT2D eigenvalue weighted by Crippen LogP contribution is 2.63. The van der Waals surface area contributed by atoms with Crippen molar-refractivity contribution in [3.8, 4) is 33.4 Å². The number of para-hydroxylation sites is 1. The number of anilines is 3. The Balaban J connectivity index is 1.20. The molecule has 0 aliphatic heterocycles. The maximum atomic E-state index is 2.54. The third-order valence-corrected chi connectivity index (χ3v) is 13.8. The normalized spacial score (nSPS) is 14.9. The van der Waals surface area contributed by atoms with Crippen molar-refractivity contribution in [1.29, 1.82) is 0 Å². The van der Waals surface area contributed by atoms with Gasteiger partial charge in [0.25, 0.3) is 0 Å². The zero-order valence-corrected chi connectivity index (χ0v) is 32.4. The first-order chi connectivity index (χ1) is 28.2. The van der Waals surface area contributed by atoms with E-state index < -0.39 is 5.41 Å². The van der Waals surface area contributed by atoms with E-state index >= 15 is 0 Å². The van der Waals surface area contributed by atoms with Crippen molar-refractivity contribution in [1.82, 2.24) is 0 Å². The molecule has 0 N–H and O–H groups in total. The molecule has 57 heavy (non-hydrogen) atoms. The van der Waals surface area contributed by atoms with E-state index in [1.165, 1.54) is 92.1 Å². The minimum Gasteiger partial charge on any atom is -0.310 e. The molecule has 1 aromatic heterocycles. The van der Waals surface area contributed by atoms with Crippen LogP contribution in [-0.4, -0.2) is 0 Å². The molecule has 0 amide bonds. The van der Waals surface area contributed by atoms with Crippen molar-refractivity contribution in [3.63, 3.8) is 0 Å². The van der Waals surface area contributed by atoms with Crippen molar-refractivity contribution in [2.75, 3.05) is 4.90 Å². The average molecular weight is 744 g/mol. The van der Waals surface area contributed by atoms with Gasteiger partial charge in [0.05, 0.1) is 11.1 Å². The number of fused-ring (bicyclic) bond motifs is 12. The lowest BCUT2D eigenvalue weighted by atomic mass is 9.60. The van der Waals surface area contributed by atoms with Gasteiger partial charge in [-0.2, -0.15) is 0 Å². The molecule has 1 nitrogen and oxygen atoms in total. The SMILES string of the molecule is CCc1ccc2cccc3c2c1C1(c2ccccc2-c2ccc(N(c4ccc5sc6ccccc6c5c4)c4ccccc4-c4ccccc4)cc21)c1ccccc1-3. The summed E-state index contributed by atoms with van der Waals surface area (Å²) in [6.45, 7) is 2.32. The van der Waals surface area contributed by atoms with Gasteiger partial charge in [-0.25, -0.2) is 0 Å². The minimum atomic E-state index is -0.504. The van der Waals surface area contributed by atoms with Gasteiger partial charge < -0.3 is 4.90 Å². The summed E-state index contributed by atoms with van der Waals surface area (Å²) in [6.07, 6.45) is 0.950. The summed E-state index contributed by atoms with van der Waals surface area (Å²) in [7, 11) is 0. The zero-order valence-electron chi connectivity index (χ0n) is 31.5. The molecule has 1 heterocycles. The molecular weight excluding hydrogens is 707 g/mol. The number of rotatable bonds is 5. The Hall–Kier alpha value is -6.74. The fourth-order valence-electron chi connectivity index (χ4n) is 10.3. The third-order valence-electron chi connectivity index (χ3n) is 12.6. The molecular formula is C55H37NS. The molecule has 1 spiro atoms. The molecule has 268 valence electrons. The van der Waals surface area contributed by atoms with Crippen LogP contribution in [0.4, 0.5) is 17.1 Å². The summed E-state index contributed by atoms with van der Waals surface area (Å²) in [5.41, 5.74) is 17.5. The van der Waals surface area contributed by atoms with E-state index in [0.29, 0.717) is 0 Å². The first kappa shape index (κ1) is 32.5. The van der Waals surface area contributed by atoms with Gasteiger partial charge in [-0.1, -0.05) is 159 Å². The van der Waals surface area contributed by atoms with Crippen molar-refractivity contribution in [3.05, 3.63) is 222 Å². The van der Waals surface area contributed by atoms with Gasteiger partial charge in [0.2, 0.25) is 0 Å². The summed E-state index contributed by atoms with van der Waals surface area (Å²) in [5.74, 6) is 0. The Labute approximate surface area is 336 Å². The van der Waals surface area contributed by atoms with E-state index in [2.05, 4.69) is 206 Å². The van der Waals surface area contributed by atoms with Crippen molar-refractivity contribution < 1.29 is 0 Å². The van der Waals surface area contributed by atoms with Gasteiger partial charge in [0.15, 0.2) is 0 Å². The van der Waals surface area contributed by atoms with Gasteiger partial charge in [0, 0.05) is 37.1 Å². The molecule has 0 bridgehead atoms. The fraction of sp³-hybridized carbons (Fsp3) is 0.0545. The van der Waals surface area contributed by atoms with Crippen molar-refractivity contribution >= 4 is 59.3 Å². The predicted octanol–water partition coefficient (Wildman–Crippen LogP) is 15.3. The minimum absolute atomic E-state index is 0.504. The first-order valence-corrected chi connectivity index (χ1v) is 20.8. The van der Waals surface area contributed by atoms with Gasteiger partial charge in [-0.05, 0) is 115 Å². The van der Waals surface area contributed by atoms with Crippen LogP contribution in [0.15, 0.2) is 194 Å². The number of aryl methyl sites for hydroxylation is 1. The molecule has 2 aliphatic carbocycles. The second-order valence-electron chi connectivity index (χ2n) is 15.4. The quantitative estimate of drug-likeness (QED) is 0.170. The van der Waals surface area contributed by atoms with E-state index in [1.54, 1.807) is 0 Å². The standard InChI is InChI=1S/C55H37NS/c1-2-35-27-28-37-17-14-22-45-42-20-7-11-24-48(42)55(54(35)53(37)45)47-23-10-6-19-41(47)43-31-29-39(34-49(43)55)56(50-25-12-8-18-40(50)36-15-4-3-5-16-36)38-30-32-52-46(33-38)44-21-9-13-26-51(44)57-52/h3-34H,2H2,1H3. The lowest BCUT2D eigenvalue weighted by Gasteiger charge is -2.41. The van der Waals surface area contributed by atoms with Crippen LogP contribution >= 0.6 is 11.3 Å². The lowest BCUT2D eigenvalue weighted by molar-refractivity contribution is 0.759. The number of hydrogen-bond acceptors (Lipinski definition) is 2. The molecule has 0 radical (unpaired) electrons. The van der Waals surface area contributed by atoms with Crippen LogP contribution in [0.2, 0.25) is 0 Å². The van der Waals surface area contributed by atoms with Gasteiger partial charge in [-0.15, -0.1) is 11.3 Å². The Morgan fingerprint density at radius 3 is 1.91 bits per heavy atom. The van der Waals surface area contributed by atoms with E-state index in [4.69, 9.17) is 0 Å². The highest BCUT2D eigenvalue weighted by molar-refractivity contribution is 7.25. The zero-order chi connectivity index (χ0) is 37.7. The predicted molar refractivity (Wildman–Crippen MR) is 243 cm³/mol. The highest BCUT2D eigenvalue weighted by atomic mass is 32.1. The van der Waals surface area contributed by atoms with Gasteiger partial charge >= 0.3 is 0 Å². The molecule has 1 atom stereocenters. The highest BCUT2D eigenvalue weighted by Gasteiger charge is 2.51. The van der Waals surface area contributed by atoms with E-state index in [0.717, 1.165) is 23.5 Å². The molecule has 0 saturated heterocycles. The molecule has 10 aromatic rings. The van der Waals surface area contributed by atoms with Crippen LogP contribution in [-0.2, 0) is 11.8 Å². The number of hydrogen-bond donors (Lipinski definition) is 0. The van der Waals surface area contributed by atoms with E-state index in [9.17, 15) is 0 Å². The smallest absolute Gasteiger partial charge is 0.0729 e. The van der Waals surface area contributed by atoms with E-state index in [1.807, 2.05) is 11.3 Å². The lowest BCUT2D eigenvalue weighted by Crippen LogP contribution is -2.33. The molecule has 9 aromatic carbocycles. The van der Waals surface area contributed by atoms with Gasteiger partial charge in [-0.3, -0.25) is 0 Å². The van der Waals surface area contributed by atoms with Crippen molar-refractivity contribution in [2.24, 2.45) is 0 Å². The fourth-order valence-corrected chi connectivity index (χ4v) is 11.4. The molecule has 12 rings (SSSR count). The second-order valence-corrected chi connectivity index (χ2v) is 16.5. The third kappa shape index (κ3) is 4.51. The molecule has 2 heteroatoms. The summed E-state index contributed by atoms with van der Waals surface area (Å²) >= 11 is 1.87. The summed E-state index contributed by atoms with van der Waals surface area (Å²) < 4.78 is 2.62. The van der Waals surface area contributed by atoms with Crippen LogP contribution in [0.3, 0.4) is 0 Å². The molecule has 0 saturated carbocycles. The van der Waals surface area contributed by atoms with Crippen LogP contribution in [0.1, 0.15) is 34.7 Å². The van der Waals surface area contributed by atoms with Gasteiger partial charge in [0.1, 0.15) is 0 Å². The van der Waals surface area contributed by atoms with Crippen LogP contribution in [0, 0.1) is 0 Å². The Morgan fingerprint density at radius 2 is 1.09 bits per heavy atom. The second kappa shape index (κ2) is 12.4. The monoisotopic (exact) mass is 743 g/mol. The van der Waals surface area contributed by atoms with Crippen LogP contribution in [0.5, 0.6) is 0 Å². The Bertz CT molecular complexity index is 3240. The largest absolute Gasteiger partial charge is 0.310 e. The topological polar surface area (TPSA) is 3.24 Å². The van der Waals surface area contributed by atoms with E-state index in [-0.39, 0.29) is 0 Å². The Morgan fingerprint density at radius 1 is 0.456 bits per heavy atom. The number of benzene rings is 9. The Kier molecular flexibility index (Phi) is 7.06. The first-order valence-electron chi connectivity index (χ1n) is 20.0. The summed E-state index contributed by atoms with van der Waals surface area (Å²) in [5, 5.41) is 5.27.